The predicted octanol–water partition coefficient (Wildman–Crippen LogP) is 1.56. The standard InChI is InChI=1S/C21H33N3O5S/c1-24-13-9-17(10-14-24)8-12-22-20(25)19(11-15-30(2,27)28)23-21(26)29-16-18-6-4-3-5-7-18/h3-7,17,19H,8-16H2,1-2H3,(H,22,25)(H,23,26). The fourth-order valence-corrected chi connectivity index (χ4v) is 4.05. The van der Waals surface area contributed by atoms with Crippen molar-refractivity contribution in [1.82, 2.24) is 15.5 Å². The van der Waals surface area contributed by atoms with Gasteiger partial charge in [0.05, 0.1) is 5.75 Å². The van der Waals surface area contributed by atoms with Crippen LogP contribution in [0.3, 0.4) is 0 Å². The van der Waals surface area contributed by atoms with Crippen molar-refractivity contribution < 1.29 is 22.7 Å². The van der Waals surface area contributed by atoms with Crippen LogP contribution in [0.25, 0.3) is 0 Å². The number of piperidine rings is 1. The highest BCUT2D eigenvalue weighted by Crippen LogP contribution is 2.18. The summed E-state index contributed by atoms with van der Waals surface area (Å²) in [4.78, 5) is 27.0. The Bertz CT molecular complexity index is 777. The summed E-state index contributed by atoms with van der Waals surface area (Å²) in [7, 11) is -1.16. The summed E-state index contributed by atoms with van der Waals surface area (Å²) in [5.41, 5.74) is 0.822. The molecule has 2 amide bonds. The number of sulfone groups is 1. The van der Waals surface area contributed by atoms with Gasteiger partial charge in [0.25, 0.3) is 0 Å². The number of rotatable bonds is 10. The molecule has 1 aliphatic heterocycles. The Morgan fingerprint density at radius 3 is 2.50 bits per heavy atom. The summed E-state index contributed by atoms with van der Waals surface area (Å²) in [6, 6.07) is 8.22. The Hall–Kier alpha value is -2.13. The van der Waals surface area contributed by atoms with Crippen molar-refractivity contribution >= 4 is 21.8 Å². The summed E-state index contributed by atoms with van der Waals surface area (Å²) >= 11 is 0. The highest BCUT2D eigenvalue weighted by Gasteiger charge is 2.24. The summed E-state index contributed by atoms with van der Waals surface area (Å²) in [5.74, 6) is -0.0121. The van der Waals surface area contributed by atoms with E-state index >= 15 is 0 Å². The second kappa shape index (κ2) is 11.9. The van der Waals surface area contributed by atoms with Crippen LogP contribution in [-0.2, 0) is 26.0 Å². The summed E-state index contributed by atoms with van der Waals surface area (Å²) in [5, 5.41) is 5.35. The van der Waals surface area contributed by atoms with Gasteiger partial charge in [0, 0.05) is 12.8 Å². The molecule has 1 saturated heterocycles. The first-order chi connectivity index (χ1) is 14.2. The first-order valence-electron chi connectivity index (χ1n) is 10.3. The van der Waals surface area contributed by atoms with Crippen molar-refractivity contribution in [3.8, 4) is 0 Å². The number of alkyl carbamates (subject to hydrolysis) is 1. The Balaban J connectivity index is 1.82. The maximum atomic E-state index is 12.6. The molecule has 1 fully saturated rings. The van der Waals surface area contributed by atoms with Crippen molar-refractivity contribution in [3.05, 3.63) is 35.9 Å². The zero-order valence-electron chi connectivity index (χ0n) is 17.8. The summed E-state index contributed by atoms with van der Waals surface area (Å²) < 4.78 is 28.2. The maximum Gasteiger partial charge on any atom is 0.408 e. The third-order valence-corrected chi connectivity index (χ3v) is 6.27. The van der Waals surface area contributed by atoms with E-state index in [4.69, 9.17) is 4.74 Å². The molecule has 0 radical (unpaired) electrons. The predicted molar refractivity (Wildman–Crippen MR) is 116 cm³/mol. The number of hydrogen-bond acceptors (Lipinski definition) is 6. The highest BCUT2D eigenvalue weighted by molar-refractivity contribution is 7.90. The first-order valence-corrected chi connectivity index (χ1v) is 12.4. The normalized spacial score (nSPS) is 16.6. The van der Waals surface area contributed by atoms with Crippen LogP contribution in [0.2, 0.25) is 0 Å². The van der Waals surface area contributed by atoms with E-state index in [9.17, 15) is 18.0 Å². The van der Waals surface area contributed by atoms with Crippen LogP contribution in [0, 0.1) is 5.92 Å². The van der Waals surface area contributed by atoms with Gasteiger partial charge < -0.3 is 20.3 Å². The summed E-state index contributed by atoms with van der Waals surface area (Å²) in [6.45, 7) is 2.70. The van der Waals surface area contributed by atoms with E-state index in [1.165, 1.54) is 0 Å². The van der Waals surface area contributed by atoms with Crippen LogP contribution in [0.5, 0.6) is 0 Å². The Kier molecular flexibility index (Phi) is 9.58. The lowest BCUT2D eigenvalue weighted by atomic mass is 9.94. The van der Waals surface area contributed by atoms with Crippen molar-refractivity contribution in [2.24, 2.45) is 5.92 Å². The lowest BCUT2D eigenvalue weighted by Gasteiger charge is -2.29. The van der Waals surface area contributed by atoms with E-state index in [0.717, 1.165) is 44.2 Å². The van der Waals surface area contributed by atoms with Crippen molar-refractivity contribution in [2.45, 2.75) is 38.3 Å². The van der Waals surface area contributed by atoms with Crippen LogP contribution >= 0.6 is 0 Å². The van der Waals surface area contributed by atoms with E-state index < -0.39 is 22.0 Å². The van der Waals surface area contributed by atoms with Gasteiger partial charge in [-0.05, 0) is 57.3 Å². The van der Waals surface area contributed by atoms with E-state index in [1.54, 1.807) is 0 Å². The molecule has 2 N–H and O–H groups in total. The molecule has 1 aromatic rings. The second-order valence-electron chi connectivity index (χ2n) is 8.00. The molecular weight excluding hydrogens is 406 g/mol. The van der Waals surface area contributed by atoms with Gasteiger partial charge in [-0.1, -0.05) is 30.3 Å². The second-order valence-corrected chi connectivity index (χ2v) is 10.3. The zero-order chi connectivity index (χ0) is 22.0. The van der Waals surface area contributed by atoms with Crippen LogP contribution in [0.1, 0.15) is 31.2 Å². The van der Waals surface area contributed by atoms with Gasteiger partial charge in [-0.2, -0.15) is 0 Å². The number of hydrogen-bond donors (Lipinski definition) is 2. The molecular formula is C21H33N3O5S. The van der Waals surface area contributed by atoms with Gasteiger partial charge in [-0.3, -0.25) is 4.79 Å². The zero-order valence-corrected chi connectivity index (χ0v) is 18.6. The van der Waals surface area contributed by atoms with Gasteiger partial charge in [0.2, 0.25) is 5.91 Å². The minimum Gasteiger partial charge on any atom is -0.445 e. The lowest BCUT2D eigenvalue weighted by molar-refractivity contribution is -0.123. The number of carbonyl (C=O) groups excluding carboxylic acids is 2. The molecule has 1 aliphatic rings. The molecule has 168 valence electrons. The number of amides is 2. The molecule has 2 rings (SSSR count). The molecule has 0 saturated carbocycles. The Morgan fingerprint density at radius 1 is 1.20 bits per heavy atom. The molecule has 1 unspecified atom stereocenters. The van der Waals surface area contributed by atoms with Crippen molar-refractivity contribution in [3.63, 3.8) is 0 Å². The topological polar surface area (TPSA) is 105 Å². The quantitative estimate of drug-likeness (QED) is 0.573. The Labute approximate surface area is 179 Å². The number of nitrogens with one attached hydrogen (secondary N) is 2. The molecule has 0 spiro atoms. The minimum atomic E-state index is -3.26. The van der Waals surface area contributed by atoms with Crippen LogP contribution in [-0.4, -0.2) is 70.1 Å². The average molecular weight is 440 g/mol. The van der Waals surface area contributed by atoms with E-state index in [-0.39, 0.29) is 24.7 Å². The highest BCUT2D eigenvalue weighted by atomic mass is 32.2. The number of ether oxygens (including phenoxy) is 1. The number of nitrogens with zero attached hydrogens (tertiary/aromatic N) is 1. The van der Waals surface area contributed by atoms with Crippen LogP contribution < -0.4 is 10.6 Å². The third-order valence-electron chi connectivity index (χ3n) is 5.29. The van der Waals surface area contributed by atoms with Crippen LogP contribution in [0.15, 0.2) is 30.3 Å². The molecule has 1 aromatic carbocycles. The molecule has 30 heavy (non-hydrogen) atoms. The molecule has 8 nitrogen and oxygen atoms in total. The fraction of sp³-hybridized carbons (Fsp3) is 0.619. The Morgan fingerprint density at radius 2 is 1.87 bits per heavy atom. The fourth-order valence-electron chi connectivity index (χ4n) is 3.38. The number of carbonyl (C=O) groups is 2. The van der Waals surface area contributed by atoms with Gasteiger partial charge >= 0.3 is 6.09 Å². The van der Waals surface area contributed by atoms with Gasteiger partial charge in [-0.25, -0.2) is 13.2 Å². The lowest BCUT2D eigenvalue weighted by Crippen LogP contribution is -2.48. The molecule has 0 bridgehead atoms. The average Bonchev–Trinajstić information content (AvgIpc) is 2.71. The number of likely N-dealkylation sites (tertiary alicyclic amines) is 1. The maximum absolute atomic E-state index is 12.6. The molecule has 1 heterocycles. The molecule has 1 atom stereocenters. The van der Waals surface area contributed by atoms with Gasteiger partial charge in [-0.15, -0.1) is 0 Å². The van der Waals surface area contributed by atoms with Crippen molar-refractivity contribution in [1.29, 1.82) is 0 Å². The molecule has 0 aliphatic carbocycles. The monoisotopic (exact) mass is 439 g/mol. The SMILES string of the molecule is CN1CCC(CCNC(=O)C(CCS(C)(=O)=O)NC(=O)OCc2ccccc2)CC1. The number of benzene rings is 1. The van der Waals surface area contributed by atoms with Crippen LogP contribution in [0.4, 0.5) is 4.79 Å². The largest absolute Gasteiger partial charge is 0.445 e. The smallest absolute Gasteiger partial charge is 0.408 e. The first kappa shape index (κ1) is 24.1. The third kappa shape index (κ3) is 9.58. The molecule has 0 aromatic heterocycles. The van der Waals surface area contributed by atoms with E-state index in [1.807, 2.05) is 30.3 Å². The van der Waals surface area contributed by atoms with E-state index in [2.05, 4.69) is 22.6 Å². The minimum absolute atomic E-state index is 0.000668. The summed E-state index contributed by atoms with van der Waals surface area (Å²) in [6.07, 6.45) is 3.44. The van der Waals surface area contributed by atoms with E-state index in [0.29, 0.717) is 12.5 Å². The van der Waals surface area contributed by atoms with Gasteiger partial charge in [0.1, 0.15) is 22.5 Å². The molecule has 9 heteroatoms. The van der Waals surface area contributed by atoms with Crippen molar-refractivity contribution in [2.75, 3.05) is 38.7 Å². The van der Waals surface area contributed by atoms with Gasteiger partial charge in [0.15, 0.2) is 0 Å².